The third kappa shape index (κ3) is 3.35. The Hall–Kier alpha value is -1.79. The largest absolute Gasteiger partial charge is 0.504 e. The van der Waals surface area contributed by atoms with E-state index in [9.17, 15) is 15.0 Å². The molecular formula is C18H26N2O4. The number of benzene rings is 1. The van der Waals surface area contributed by atoms with Crippen molar-refractivity contribution < 1.29 is 19.7 Å². The van der Waals surface area contributed by atoms with E-state index in [2.05, 4.69) is 10.2 Å². The zero-order valence-corrected chi connectivity index (χ0v) is 14.1. The van der Waals surface area contributed by atoms with Crippen molar-refractivity contribution in [1.29, 1.82) is 0 Å². The number of phenols is 2. The summed E-state index contributed by atoms with van der Waals surface area (Å²) in [7, 11) is 0. The van der Waals surface area contributed by atoms with Gasteiger partial charge in [-0.1, -0.05) is 6.07 Å². The average molecular weight is 334 g/mol. The first-order chi connectivity index (χ1) is 11.5. The van der Waals surface area contributed by atoms with Gasteiger partial charge in [0, 0.05) is 19.1 Å². The number of hydrogen-bond acceptors (Lipinski definition) is 5. The Balaban J connectivity index is 1.61. The molecule has 6 nitrogen and oxygen atoms in total. The number of phenolic OH excluding ortho intramolecular Hbond substituents is 2. The van der Waals surface area contributed by atoms with Crippen molar-refractivity contribution in [1.82, 2.24) is 10.2 Å². The maximum Gasteiger partial charge on any atom is 0.240 e. The Kier molecular flexibility index (Phi) is 4.96. The fourth-order valence-corrected chi connectivity index (χ4v) is 3.65. The normalized spacial score (nSPS) is 21.7. The van der Waals surface area contributed by atoms with Crippen molar-refractivity contribution in [2.45, 2.75) is 44.2 Å². The monoisotopic (exact) mass is 334 g/mol. The lowest BCUT2D eigenvalue weighted by Crippen LogP contribution is -2.65. The number of rotatable bonds is 5. The molecule has 3 N–H and O–H groups in total. The van der Waals surface area contributed by atoms with Crippen molar-refractivity contribution in [3.8, 4) is 11.5 Å². The first-order valence-corrected chi connectivity index (χ1v) is 8.66. The maximum atomic E-state index is 12.9. The number of nitrogens with one attached hydrogen (secondary N) is 1. The van der Waals surface area contributed by atoms with Crippen LogP contribution in [0.25, 0.3) is 0 Å². The molecular weight excluding hydrogens is 308 g/mol. The minimum absolute atomic E-state index is 0.0417. The Bertz CT molecular complexity index is 595. The highest BCUT2D eigenvalue weighted by Crippen LogP contribution is 2.38. The average Bonchev–Trinajstić information content (AvgIpc) is 2.51. The topological polar surface area (TPSA) is 82.0 Å². The minimum Gasteiger partial charge on any atom is -0.504 e. The van der Waals surface area contributed by atoms with Gasteiger partial charge >= 0.3 is 0 Å². The summed E-state index contributed by atoms with van der Waals surface area (Å²) >= 11 is 0. The van der Waals surface area contributed by atoms with Crippen LogP contribution in [-0.4, -0.2) is 58.9 Å². The van der Waals surface area contributed by atoms with Crippen molar-refractivity contribution in [3.05, 3.63) is 23.8 Å². The van der Waals surface area contributed by atoms with Crippen LogP contribution in [0, 0.1) is 0 Å². The summed E-state index contributed by atoms with van der Waals surface area (Å²) in [5, 5.41) is 22.1. The van der Waals surface area contributed by atoms with Crippen LogP contribution in [0.3, 0.4) is 0 Å². The standard InChI is InChI=1S/C18H26N2O4/c1-13(11-14-3-4-15(21)16(22)12-14)19-17(23)18(5-2-6-18)20-7-9-24-10-8-20/h3-4,12-13,21-22H,2,5-11H2,1H3,(H,19,23). The molecule has 3 rings (SSSR count). The van der Waals surface area contributed by atoms with Crippen molar-refractivity contribution in [3.63, 3.8) is 0 Å². The Morgan fingerprint density at radius 3 is 2.58 bits per heavy atom. The van der Waals surface area contributed by atoms with E-state index in [0.717, 1.165) is 37.9 Å². The number of hydrogen-bond donors (Lipinski definition) is 3. The molecule has 6 heteroatoms. The summed E-state index contributed by atoms with van der Waals surface area (Å²) in [5.41, 5.74) is 0.516. The highest BCUT2D eigenvalue weighted by molar-refractivity contribution is 5.87. The van der Waals surface area contributed by atoms with Gasteiger partial charge < -0.3 is 20.3 Å². The number of aromatic hydroxyl groups is 2. The predicted octanol–water partition coefficient (Wildman–Crippen LogP) is 1.40. The molecule has 1 heterocycles. The van der Waals surface area contributed by atoms with Gasteiger partial charge in [0.15, 0.2) is 11.5 Å². The van der Waals surface area contributed by atoms with Gasteiger partial charge in [-0.05, 0) is 50.3 Å². The Morgan fingerprint density at radius 1 is 1.29 bits per heavy atom. The van der Waals surface area contributed by atoms with Crippen molar-refractivity contribution in [2.75, 3.05) is 26.3 Å². The van der Waals surface area contributed by atoms with Gasteiger partial charge in [0.1, 0.15) is 5.54 Å². The van der Waals surface area contributed by atoms with Gasteiger partial charge in [0.05, 0.1) is 13.2 Å². The van der Waals surface area contributed by atoms with Crippen LogP contribution in [0.2, 0.25) is 0 Å². The van der Waals surface area contributed by atoms with E-state index in [1.54, 1.807) is 12.1 Å². The van der Waals surface area contributed by atoms with Crippen LogP contribution in [0.1, 0.15) is 31.7 Å². The third-order valence-electron chi connectivity index (χ3n) is 5.18. The number of nitrogens with zero attached hydrogens (tertiary/aromatic N) is 1. The number of morpholine rings is 1. The van der Waals surface area contributed by atoms with Crippen LogP contribution < -0.4 is 5.32 Å². The number of carbonyl (C=O) groups excluding carboxylic acids is 1. The van der Waals surface area contributed by atoms with Gasteiger partial charge in [0.25, 0.3) is 0 Å². The van der Waals surface area contributed by atoms with E-state index in [-0.39, 0.29) is 29.0 Å². The second kappa shape index (κ2) is 6.99. The summed E-state index contributed by atoms with van der Waals surface area (Å²) < 4.78 is 5.41. The van der Waals surface area contributed by atoms with Crippen LogP contribution >= 0.6 is 0 Å². The molecule has 0 aromatic heterocycles. The maximum absolute atomic E-state index is 12.9. The zero-order valence-electron chi connectivity index (χ0n) is 14.1. The van der Waals surface area contributed by atoms with Crippen LogP contribution in [0.5, 0.6) is 11.5 Å². The lowest BCUT2D eigenvalue weighted by molar-refractivity contribution is -0.145. The third-order valence-corrected chi connectivity index (χ3v) is 5.18. The van der Waals surface area contributed by atoms with E-state index in [4.69, 9.17) is 4.74 Å². The fourth-order valence-electron chi connectivity index (χ4n) is 3.65. The van der Waals surface area contributed by atoms with Gasteiger partial charge in [-0.25, -0.2) is 0 Å². The predicted molar refractivity (Wildman–Crippen MR) is 90.1 cm³/mol. The van der Waals surface area contributed by atoms with E-state index in [1.165, 1.54) is 6.07 Å². The molecule has 0 radical (unpaired) electrons. The van der Waals surface area contributed by atoms with Gasteiger partial charge in [-0.2, -0.15) is 0 Å². The molecule has 1 atom stereocenters. The van der Waals surface area contributed by atoms with Crippen LogP contribution in [0.4, 0.5) is 0 Å². The molecule has 1 saturated carbocycles. The molecule has 2 fully saturated rings. The molecule has 1 aliphatic carbocycles. The first kappa shape index (κ1) is 17.0. The number of amides is 1. The highest BCUT2D eigenvalue weighted by Gasteiger charge is 2.49. The molecule has 132 valence electrons. The summed E-state index contributed by atoms with van der Waals surface area (Å²) in [6.45, 7) is 4.98. The van der Waals surface area contributed by atoms with Crippen molar-refractivity contribution >= 4 is 5.91 Å². The summed E-state index contributed by atoms with van der Waals surface area (Å²) in [4.78, 5) is 15.2. The second-order valence-corrected chi connectivity index (χ2v) is 6.89. The minimum atomic E-state index is -0.366. The fraction of sp³-hybridized carbons (Fsp3) is 0.611. The molecule has 1 aromatic carbocycles. The molecule has 1 amide bonds. The molecule has 2 aliphatic rings. The molecule has 24 heavy (non-hydrogen) atoms. The quantitative estimate of drug-likeness (QED) is 0.709. The SMILES string of the molecule is CC(Cc1ccc(O)c(O)c1)NC(=O)C1(N2CCOCC2)CCC1. The lowest BCUT2D eigenvalue weighted by Gasteiger charge is -2.50. The van der Waals surface area contributed by atoms with E-state index < -0.39 is 0 Å². The van der Waals surface area contributed by atoms with Gasteiger partial charge in [-0.3, -0.25) is 9.69 Å². The Morgan fingerprint density at radius 2 is 2.00 bits per heavy atom. The first-order valence-electron chi connectivity index (χ1n) is 8.66. The molecule has 1 saturated heterocycles. The van der Waals surface area contributed by atoms with Gasteiger partial charge in [-0.15, -0.1) is 0 Å². The highest BCUT2D eigenvalue weighted by atomic mass is 16.5. The van der Waals surface area contributed by atoms with Crippen LogP contribution in [0.15, 0.2) is 18.2 Å². The van der Waals surface area contributed by atoms with E-state index in [1.807, 2.05) is 6.92 Å². The molecule has 1 unspecified atom stereocenters. The number of ether oxygens (including phenoxy) is 1. The summed E-state index contributed by atoms with van der Waals surface area (Å²) in [6, 6.07) is 4.73. The second-order valence-electron chi connectivity index (χ2n) is 6.89. The summed E-state index contributed by atoms with van der Waals surface area (Å²) in [5.74, 6) is -0.155. The zero-order chi connectivity index (χ0) is 17.2. The smallest absolute Gasteiger partial charge is 0.240 e. The molecule has 0 spiro atoms. The van der Waals surface area contributed by atoms with E-state index >= 15 is 0 Å². The van der Waals surface area contributed by atoms with Gasteiger partial charge in [0.2, 0.25) is 5.91 Å². The molecule has 0 bridgehead atoms. The Labute approximate surface area is 142 Å². The molecule has 1 aliphatic heterocycles. The van der Waals surface area contributed by atoms with Crippen molar-refractivity contribution in [2.24, 2.45) is 0 Å². The number of carbonyl (C=O) groups is 1. The molecule has 1 aromatic rings. The van der Waals surface area contributed by atoms with E-state index in [0.29, 0.717) is 19.6 Å². The van der Waals surface area contributed by atoms with Crippen LogP contribution in [-0.2, 0) is 16.0 Å². The summed E-state index contributed by atoms with van der Waals surface area (Å²) in [6.07, 6.45) is 3.51. The lowest BCUT2D eigenvalue weighted by atomic mass is 9.74.